The number of benzene rings is 1. The summed E-state index contributed by atoms with van der Waals surface area (Å²) in [4.78, 5) is 19.1. The third-order valence-corrected chi connectivity index (χ3v) is 8.52. The predicted octanol–water partition coefficient (Wildman–Crippen LogP) is 3.37. The quantitative estimate of drug-likeness (QED) is 0.580. The molecule has 1 amide bonds. The number of carbonyl (C=O) groups is 1. The van der Waals surface area contributed by atoms with E-state index in [9.17, 15) is 22.7 Å². The van der Waals surface area contributed by atoms with Crippen molar-refractivity contribution in [1.29, 1.82) is 0 Å². The number of anilines is 1. The number of aliphatic hydroxyl groups is 1. The number of nitrogens with zero attached hydrogens (tertiary/aromatic N) is 2. The largest absolute Gasteiger partial charge is 0.477 e. The summed E-state index contributed by atoms with van der Waals surface area (Å²) < 4.78 is 48.1. The van der Waals surface area contributed by atoms with Crippen LogP contribution in [-0.2, 0) is 14.8 Å². The first kappa shape index (κ1) is 25.0. The molecule has 0 atom stereocenters. The van der Waals surface area contributed by atoms with E-state index in [1.165, 1.54) is 6.07 Å². The molecule has 2 heterocycles. The Hall–Kier alpha value is -2.72. The molecule has 0 bridgehead atoms. The number of halogens is 1. The van der Waals surface area contributed by atoms with Crippen molar-refractivity contribution in [3.05, 3.63) is 47.5 Å². The van der Waals surface area contributed by atoms with Crippen LogP contribution in [0.3, 0.4) is 0 Å². The maximum absolute atomic E-state index is 13.7. The number of rotatable bonds is 7. The van der Waals surface area contributed by atoms with Crippen LogP contribution in [0, 0.1) is 6.92 Å². The molecular formula is C26H32FN3O5S. The van der Waals surface area contributed by atoms with Gasteiger partial charge in [-0.25, -0.2) is 14.1 Å². The van der Waals surface area contributed by atoms with Crippen molar-refractivity contribution in [1.82, 2.24) is 9.71 Å². The first-order valence-corrected chi connectivity index (χ1v) is 13.9. The van der Waals surface area contributed by atoms with Gasteiger partial charge < -0.3 is 14.7 Å². The van der Waals surface area contributed by atoms with E-state index in [0.717, 1.165) is 11.1 Å². The third kappa shape index (κ3) is 5.06. The Morgan fingerprint density at radius 3 is 2.50 bits per heavy atom. The Kier molecular flexibility index (Phi) is 6.23. The number of sulfonamides is 1. The molecule has 36 heavy (non-hydrogen) atoms. The predicted molar refractivity (Wildman–Crippen MR) is 132 cm³/mol. The zero-order valence-electron chi connectivity index (χ0n) is 20.5. The number of amides is 1. The highest BCUT2D eigenvalue weighted by molar-refractivity contribution is 7.90. The van der Waals surface area contributed by atoms with Gasteiger partial charge in [-0.3, -0.25) is 4.79 Å². The number of pyridine rings is 1. The van der Waals surface area contributed by atoms with Crippen LogP contribution in [0.4, 0.5) is 10.2 Å². The fraction of sp³-hybridized carbons (Fsp3) is 0.538. The van der Waals surface area contributed by atoms with Crippen LogP contribution in [0.5, 0.6) is 5.75 Å². The number of ether oxygens (including phenoxy) is 1. The number of carbonyl (C=O) groups excluding carboxylic acids is 1. The zero-order chi connectivity index (χ0) is 25.7. The van der Waals surface area contributed by atoms with Crippen LogP contribution < -0.4 is 14.4 Å². The molecule has 1 aliphatic heterocycles. The number of hydrogen-bond donors (Lipinski definition) is 2. The van der Waals surface area contributed by atoms with Crippen LogP contribution in [0.2, 0.25) is 0 Å². The second-order valence-corrected chi connectivity index (χ2v) is 12.3. The number of hydrogen-bond acceptors (Lipinski definition) is 7. The molecule has 1 saturated heterocycles. The van der Waals surface area contributed by atoms with Gasteiger partial charge >= 0.3 is 0 Å². The summed E-state index contributed by atoms with van der Waals surface area (Å²) in [6, 6.07) is 10.4. The molecule has 2 N–H and O–H groups in total. The highest BCUT2D eigenvalue weighted by atomic mass is 32.2. The molecule has 1 aromatic carbocycles. The number of aryl methyl sites for hydroxylation is 1. The summed E-state index contributed by atoms with van der Waals surface area (Å²) in [5, 5.41) is 9.70. The summed E-state index contributed by atoms with van der Waals surface area (Å²) in [6.45, 7) is 4.32. The minimum absolute atomic E-state index is 0.143. The average Bonchev–Trinajstić information content (AvgIpc) is 3.59. The second-order valence-electron chi connectivity index (χ2n) is 10.7. The van der Waals surface area contributed by atoms with Gasteiger partial charge in [-0.2, -0.15) is 8.42 Å². The molecule has 0 radical (unpaired) electrons. The van der Waals surface area contributed by atoms with Crippen molar-refractivity contribution in [3.8, 4) is 5.75 Å². The molecule has 194 valence electrons. The van der Waals surface area contributed by atoms with Gasteiger partial charge in [0.2, 0.25) is 0 Å². The first-order chi connectivity index (χ1) is 17.0. The Labute approximate surface area is 210 Å². The lowest BCUT2D eigenvalue weighted by Crippen LogP contribution is -2.60. The fourth-order valence-electron chi connectivity index (χ4n) is 5.07. The Bertz CT molecular complexity index is 1260. The van der Waals surface area contributed by atoms with Crippen LogP contribution in [-0.4, -0.2) is 54.9 Å². The standard InChI is InChI=1S/C26H32FN3O5S/c1-17-6-11-20(18-7-9-19(27)10-8-18)21(14-17)35-26(12-13-26)24(31)29-36(33,34)23-5-3-4-22(28-23)30-15-25(2,32)16-30/h3-6,11,14,18-19,32H,7-10,12-13,15-16H2,1-2H3,(H,29,31)/t18-,19+. The summed E-state index contributed by atoms with van der Waals surface area (Å²) in [5.41, 5.74) is -0.196. The third-order valence-electron chi connectivity index (χ3n) is 7.29. The van der Waals surface area contributed by atoms with Gasteiger partial charge in [0.1, 0.15) is 17.7 Å². The van der Waals surface area contributed by atoms with E-state index in [-0.39, 0.29) is 10.9 Å². The lowest BCUT2D eigenvalue weighted by Gasteiger charge is -2.44. The molecule has 3 fully saturated rings. The van der Waals surface area contributed by atoms with Gasteiger partial charge in [0.25, 0.3) is 15.9 Å². The van der Waals surface area contributed by atoms with E-state index >= 15 is 0 Å². The Morgan fingerprint density at radius 2 is 1.86 bits per heavy atom. The van der Waals surface area contributed by atoms with E-state index < -0.39 is 33.3 Å². The van der Waals surface area contributed by atoms with Crippen molar-refractivity contribution in [2.75, 3.05) is 18.0 Å². The Morgan fingerprint density at radius 1 is 1.17 bits per heavy atom. The van der Waals surface area contributed by atoms with E-state index in [2.05, 4.69) is 9.71 Å². The molecular weight excluding hydrogens is 485 g/mol. The highest BCUT2D eigenvalue weighted by Crippen LogP contribution is 2.45. The highest BCUT2D eigenvalue weighted by Gasteiger charge is 2.54. The fourth-order valence-corrected chi connectivity index (χ4v) is 6.07. The second kappa shape index (κ2) is 8.99. The number of β-amino-alcohol motifs (C(OH)–C–C–N with tert-alkyl or cyclic N) is 1. The van der Waals surface area contributed by atoms with Gasteiger partial charge in [-0.1, -0.05) is 18.2 Å². The van der Waals surface area contributed by atoms with E-state index in [0.29, 0.717) is 63.2 Å². The van der Waals surface area contributed by atoms with Crippen molar-refractivity contribution < 1.29 is 27.4 Å². The summed E-state index contributed by atoms with van der Waals surface area (Å²) in [7, 11) is -4.23. The number of aromatic nitrogens is 1. The van der Waals surface area contributed by atoms with Gasteiger partial charge in [-0.05, 0) is 74.8 Å². The van der Waals surface area contributed by atoms with Crippen molar-refractivity contribution >= 4 is 21.7 Å². The molecule has 2 aliphatic carbocycles. The van der Waals surface area contributed by atoms with Crippen LogP contribution in [0.15, 0.2) is 41.4 Å². The van der Waals surface area contributed by atoms with Gasteiger partial charge in [0.15, 0.2) is 10.6 Å². The maximum atomic E-state index is 13.7. The smallest absolute Gasteiger partial charge is 0.281 e. The monoisotopic (exact) mass is 517 g/mol. The molecule has 0 spiro atoms. The molecule has 0 unspecified atom stereocenters. The van der Waals surface area contributed by atoms with Crippen LogP contribution in [0.1, 0.15) is 62.5 Å². The summed E-state index contributed by atoms with van der Waals surface area (Å²) >= 11 is 0. The molecule has 5 rings (SSSR count). The SMILES string of the molecule is Cc1ccc([C@H]2CC[C@@H](F)CC2)c(OC2(C(=O)NS(=O)(=O)c3cccc(N4CC(C)(O)C4)n3)CC2)c1. The lowest BCUT2D eigenvalue weighted by molar-refractivity contribution is -0.128. The van der Waals surface area contributed by atoms with Gasteiger partial charge in [0, 0.05) is 25.9 Å². The van der Waals surface area contributed by atoms with E-state index in [1.54, 1.807) is 24.0 Å². The van der Waals surface area contributed by atoms with Crippen molar-refractivity contribution in [2.45, 2.75) is 80.7 Å². The molecule has 1 aromatic heterocycles. The van der Waals surface area contributed by atoms with Gasteiger partial charge in [-0.15, -0.1) is 0 Å². The average molecular weight is 518 g/mol. The zero-order valence-corrected chi connectivity index (χ0v) is 21.4. The van der Waals surface area contributed by atoms with E-state index in [4.69, 9.17) is 4.74 Å². The molecule has 10 heteroatoms. The molecule has 3 aliphatic rings. The summed E-state index contributed by atoms with van der Waals surface area (Å²) in [6.07, 6.45) is 2.45. The Balaban J connectivity index is 1.31. The topological polar surface area (TPSA) is 109 Å². The molecule has 2 saturated carbocycles. The van der Waals surface area contributed by atoms with Crippen molar-refractivity contribution in [2.24, 2.45) is 0 Å². The molecule has 2 aromatic rings. The summed E-state index contributed by atoms with van der Waals surface area (Å²) in [5.74, 6) is 0.403. The maximum Gasteiger partial charge on any atom is 0.281 e. The molecule has 8 nitrogen and oxygen atoms in total. The van der Waals surface area contributed by atoms with E-state index in [1.807, 2.05) is 25.1 Å². The first-order valence-electron chi connectivity index (χ1n) is 12.4. The van der Waals surface area contributed by atoms with Gasteiger partial charge in [0.05, 0.1) is 5.60 Å². The van der Waals surface area contributed by atoms with Crippen LogP contribution in [0.25, 0.3) is 0 Å². The lowest BCUT2D eigenvalue weighted by atomic mass is 9.82. The van der Waals surface area contributed by atoms with Crippen LogP contribution >= 0.6 is 0 Å². The minimum Gasteiger partial charge on any atom is -0.477 e. The number of alkyl halides is 1. The normalized spacial score (nSPS) is 24.5. The number of nitrogens with one attached hydrogen (secondary N) is 1. The minimum atomic E-state index is -4.23. The van der Waals surface area contributed by atoms with Crippen molar-refractivity contribution in [3.63, 3.8) is 0 Å².